The molecule has 0 saturated heterocycles. The Bertz CT molecular complexity index is 1120. The predicted octanol–water partition coefficient (Wildman–Crippen LogP) is 5.93. The first-order valence-electron chi connectivity index (χ1n) is 8.55. The van der Waals surface area contributed by atoms with Gasteiger partial charge in [-0.1, -0.05) is 23.4 Å². The second kappa shape index (κ2) is 9.11. The summed E-state index contributed by atoms with van der Waals surface area (Å²) in [7, 11) is -6.05. The first-order chi connectivity index (χ1) is 14.9. The van der Waals surface area contributed by atoms with Crippen molar-refractivity contribution in [3.63, 3.8) is 0 Å². The van der Waals surface area contributed by atoms with Gasteiger partial charge in [-0.25, -0.2) is 0 Å². The van der Waals surface area contributed by atoms with E-state index in [0.717, 1.165) is 35.9 Å². The lowest BCUT2D eigenvalue weighted by molar-refractivity contribution is -0.138. The van der Waals surface area contributed by atoms with E-state index >= 15 is 0 Å². The third-order valence-electron chi connectivity index (χ3n) is 4.00. The molecular formula is C18H13F9N2O3S. The number of rotatable bonds is 6. The molecule has 0 radical (unpaired) electrons. The summed E-state index contributed by atoms with van der Waals surface area (Å²) in [6.07, 6.45) is -9.54. The number of hydrogen-bond acceptors (Lipinski definition) is 4. The normalized spacial score (nSPS) is 13.7. The Morgan fingerprint density at radius 1 is 0.879 bits per heavy atom. The molecule has 5 nitrogen and oxygen atoms in total. The quantitative estimate of drug-likeness (QED) is 0.299. The molecule has 182 valence electrons. The molecule has 0 spiro atoms. The summed E-state index contributed by atoms with van der Waals surface area (Å²) in [4.78, 5) is 4.90. The summed E-state index contributed by atoms with van der Waals surface area (Å²) in [5.74, 6) is 0. The number of benzene rings is 2. The third kappa shape index (κ3) is 6.76. The lowest BCUT2D eigenvalue weighted by Gasteiger charge is -2.16. The minimum Gasteiger partial charge on any atom is -0.391 e. The van der Waals surface area contributed by atoms with E-state index in [1.54, 1.807) is 0 Å². The summed E-state index contributed by atoms with van der Waals surface area (Å²) in [5.41, 5.74) is -9.74. The molecule has 0 bridgehead atoms. The molecule has 0 amide bonds. The average molecular weight is 508 g/mol. The Kier molecular flexibility index (Phi) is 7.26. The summed E-state index contributed by atoms with van der Waals surface area (Å²) in [5, 5.41) is 3.50. The van der Waals surface area contributed by atoms with Crippen LogP contribution >= 0.6 is 0 Å². The van der Waals surface area contributed by atoms with Crippen molar-refractivity contribution >= 4 is 21.4 Å². The number of sulfonamides is 1. The molecule has 0 heterocycles. The fourth-order valence-electron chi connectivity index (χ4n) is 2.37. The number of anilines is 1. The van der Waals surface area contributed by atoms with Gasteiger partial charge in [-0.15, -0.1) is 0 Å². The Morgan fingerprint density at radius 3 is 1.88 bits per heavy atom. The fourth-order valence-corrected chi connectivity index (χ4v) is 2.94. The van der Waals surface area contributed by atoms with Crippen LogP contribution in [0.5, 0.6) is 0 Å². The minimum absolute atomic E-state index is 0.160. The molecule has 1 N–H and O–H groups in total. The van der Waals surface area contributed by atoms with E-state index in [0.29, 0.717) is 12.1 Å². The molecule has 2 aromatic rings. The molecule has 2 aromatic carbocycles. The molecule has 0 unspecified atom stereocenters. The van der Waals surface area contributed by atoms with Crippen molar-refractivity contribution < 1.29 is 52.8 Å². The van der Waals surface area contributed by atoms with Crippen LogP contribution in [-0.2, 0) is 33.8 Å². The van der Waals surface area contributed by atoms with Crippen molar-refractivity contribution in [2.24, 2.45) is 5.16 Å². The van der Waals surface area contributed by atoms with E-state index < -0.39 is 50.3 Å². The first-order valence-corrected chi connectivity index (χ1v) is 10.0. The Labute approximate surface area is 180 Å². The molecule has 0 aliphatic carbocycles. The molecule has 33 heavy (non-hydrogen) atoms. The molecule has 15 heteroatoms. The second-order valence-corrected chi connectivity index (χ2v) is 8.13. The Morgan fingerprint density at radius 2 is 1.39 bits per heavy atom. The fraction of sp³-hybridized carbons (Fsp3) is 0.278. The summed E-state index contributed by atoms with van der Waals surface area (Å²) >= 11 is 0. The SMILES string of the molecule is CC(=NOCc1ccc(C(F)(F)F)cc1)c1ccc(C(F)(F)F)cc1NS(=O)(=O)C(F)(F)F. The number of nitrogens with zero attached hydrogens (tertiary/aromatic N) is 1. The maximum atomic E-state index is 12.9. The minimum atomic E-state index is -6.05. The number of halogens is 9. The summed E-state index contributed by atoms with van der Waals surface area (Å²) in [6, 6.07) is 5.05. The lowest BCUT2D eigenvalue weighted by Crippen LogP contribution is -2.30. The molecule has 0 aromatic heterocycles. The van der Waals surface area contributed by atoms with Gasteiger partial charge >= 0.3 is 27.9 Å². The van der Waals surface area contributed by atoms with Crippen molar-refractivity contribution in [1.82, 2.24) is 0 Å². The third-order valence-corrected chi connectivity index (χ3v) is 5.10. The van der Waals surface area contributed by atoms with Gasteiger partial charge in [0.1, 0.15) is 6.61 Å². The van der Waals surface area contributed by atoms with Gasteiger partial charge in [0.25, 0.3) is 0 Å². The first kappa shape index (κ1) is 26.3. The zero-order valence-corrected chi connectivity index (χ0v) is 17.0. The smallest absolute Gasteiger partial charge is 0.391 e. The summed E-state index contributed by atoms with van der Waals surface area (Å²) in [6.45, 7) is 0.723. The van der Waals surface area contributed by atoms with E-state index in [1.165, 1.54) is 0 Å². The second-order valence-electron chi connectivity index (χ2n) is 6.45. The lowest BCUT2D eigenvalue weighted by atomic mass is 10.1. The van der Waals surface area contributed by atoms with Gasteiger partial charge in [-0.3, -0.25) is 4.72 Å². The van der Waals surface area contributed by atoms with E-state index in [4.69, 9.17) is 4.84 Å². The number of oxime groups is 1. The van der Waals surface area contributed by atoms with Crippen LogP contribution in [0.25, 0.3) is 0 Å². The highest BCUT2D eigenvalue weighted by Crippen LogP contribution is 2.34. The van der Waals surface area contributed by atoms with Crippen LogP contribution in [0, 0.1) is 0 Å². The maximum Gasteiger partial charge on any atom is 0.516 e. The van der Waals surface area contributed by atoms with E-state index in [1.807, 2.05) is 0 Å². The van der Waals surface area contributed by atoms with Crippen LogP contribution < -0.4 is 4.72 Å². The van der Waals surface area contributed by atoms with Crippen LogP contribution in [0.1, 0.15) is 29.2 Å². The largest absolute Gasteiger partial charge is 0.516 e. The van der Waals surface area contributed by atoms with E-state index in [9.17, 15) is 47.9 Å². The van der Waals surface area contributed by atoms with Crippen LogP contribution in [0.3, 0.4) is 0 Å². The topological polar surface area (TPSA) is 67.8 Å². The predicted molar refractivity (Wildman–Crippen MR) is 98.5 cm³/mol. The van der Waals surface area contributed by atoms with Gasteiger partial charge in [0.05, 0.1) is 22.5 Å². The van der Waals surface area contributed by atoms with Gasteiger partial charge in [-0.2, -0.15) is 47.9 Å². The van der Waals surface area contributed by atoms with Gasteiger partial charge in [0.2, 0.25) is 0 Å². The van der Waals surface area contributed by atoms with E-state index in [-0.39, 0.29) is 23.9 Å². The Hall–Kier alpha value is -2.97. The monoisotopic (exact) mass is 508 g/mol. The van der Waals surface area contributed by atoms with Gasteiger partial charge in [-0.05, 0) is 36.8 Å². The molecule has 2 rings (SSSR count). The van der Waals surface area contributed by atoms with Crippen LogP contribution in [-0.4, -0.2) is 19.6 Å². The van der Waals surface area contributed by atoms with Gasteiger partial charge in [0, 0.05) is 5.56 Å². The molecule has 0 fully saturated rings. The zero-order chi connectivity index (χ0) is 25.2. The number of hydrogen-bond donors (Lipinski definition) is 1. The Balaban J connectivity index is 2.30. The van der Waals surface area contributed by atoms with Gasteiger partial charge in [0.15, 0.2) is 0 Å². The maximum absolute atomic E-state index is 12.9. The summed E-state index contributed by atoms with van der Waals surface area (Å²) < 4.78 is 138. The highest BCUT2D eigenvalue weighted by molar-refractivity contribution is 7.93. The number of nitrogens with one attached hydrogen (secondary N) is 1. The van der Waals surface area contributed by atoms with Gasteiger partial charge < -0.3 is 4.84 Å². The van der Waals surface area contributed by atoms with Crippen LogP contribution in [0.4, 0.5) is 45.2 Å². The highest BCUT2D eigenvalue weighted by Gasteiger charge is 2.46. The standard InChI is InChI=1S/C18H13F9N2O3S/c1-10(28-32-9-11-2-4-12(5-3-11)16(19,20)21)14-7-6-13(17(22,23)24)8-15(14)29-33(30,31)18(25,26)27/h2-8,29H,9H2,1H3. The molecule has 0 aliphatic rings. The van der Waals surface area contributed by atoms with Crippen LogP contribution in [0.2, 0.25) is 0 Å². The van der Waals surface area contributed by atoms with Crippen LogP contribution in [0.15, 0.2) is 47.6 Å². The van der Waals surface area contributed by atoms with E-state index in [2.05, 4.69) is 5.16 Å². The van der Waals surface area contributed by atoms with Crippen molar-refractivity contribution in [3.05, 3.63) is 64.7 Å². The van der Waals surface area contributed by atoms with Crippen molar-refractivity contribution in [3.8, 4) is 0 Å². The zero-order valence-electron chi connectivity index (χ0n) is 16.2. The molecule has 0 atom stereocenters. The van der Waals surface area contributed by atoms with Crippen molar-refractivity contribution in [2.75, 3.05) is 4.72 Å². The average Bonchev–Trinajstić information content (AvgIpc) is 2.65. The molecule has 0 saturated carbocycles. The molecular weight excluding hydrogens is 495 g/mol. The molecule has 0 aliphatic heterocycles. The van der Waals surface area contributed by atoms with Crippen molar-refractivity contribution in [2.45, 2.75) is 31.4 Å². The number of alkyl halides is 9. The highest BCUT2D eigenvalue weighted by atomic mass is 32.2. The van der Waals surface area contributed by atoms with Crippen molar-refractivity contribution in [1.29, 1.82) is 0 Å².